The van der Waals surface area contributed by atoms with Gasteiger partial charge in [-0.15, -0.1) is 0 Å². The molecule has 0 bridgehead atoms. The monoisotopic (exact) mass is 459 g/mol. The maximum Gasteiger partial charge on any atom is 0.291 e. The van der Waals surface area contributed by atoms with Crippen LogP contribution in [0.3, 0.4) is 0 Å². The zero-order chi connectivity index (χ0) is 23.4. The van der Waals surface area contributed by atoms with E-state index in [2.05, 4.69) is 5.32 Å². The number of rotatable bonds is 8. The van der Waals surface area contributed by atoms with Crippen LogP contribution in [0.25, 0.3) is 0 Å². The minimum Gasteiger partial charge on any atom is -0.496 e. The van der Waals surface area contributed by atoms with Gasteiger partial charge in [0.15, 0.2) is 5.76 Å². The van der Waals surface area contributed by atoms with Gasteiger partial charge in [0, 0.05) is 28.8 Å². The van der Waals surface area contributed by atoms with E-state index in [4.69, 9.17) is 35.0 Å². The van der Waals surface area contributed by atoms with Crippen LogP contribution in [-0.2, 0) is 0 Å². The van der Waals surface area contributed by atoms with Crippen molar-refractivity contribution in [1.82, 2.24) is 0 Å². The molecule has 7 nitrogen and oxygen atoms in total. The van der Waals surface area contributed by atoms with Crippen molar-refractivity contribution >= 4 is 23.2 Å². The summed E-state index contributed by atoms with van der Waals surface area (Å²) in [7, 11) is 4.51. The summed E-state index contributed by atoms with van der Waals surface area (Å²) in [6.45, 7) is 5.99. The van der Waals surface area contributed by atoms with Gasteiger partial charge in [-0.25, -0.2) is 0 Å². The minimum absolute atomic E-state index is 0.0600. The van der Waals surface area contributed by atoms with Gasteiger partial charge in [0.25, 0.3) is 11.9 Å². The number of carbonyl (C=O) groups excluding carboxylic acids is 1. The third-order valence-electron chi connectivity index (χ3n) is 4.78. The van der Waals surface area contributed by atoms with Crippen LogP contribution < -0.4 is 24.3 Å². The largest absolute Gasteiger partial charge is 0.496 e. The second-order valence-corrected chi connectivity index (χ2v) is 7.80. The summed E-state index contributed by atoms with van der Waals surface area (Å²) in [5.74, 6) is 1.77. The molecule has 2 aromatic carbocycles. The van der Waals surface area contributed by atoms with Crippen LogP contribution in [0.4, 0.5) is 5.69 Å². The van der Waals surface area contributed by atoms with Crippen LogP contribution in [-0.4, -0.2) is 27.2 Å². The first kappa shape index (κ1) is 23.3. The number of aryl methyl sites for hydroxylation is 1. The summed E-state index contributed by atoms with van der Waals surface area (Å²) in [4.78, 5) is 12.8. The highest BCUT2D eigenvalue weighted by atomic mass is 35.5. The van der Waals surface area contributed by atoms with Gasteiger partial charge in [0.1, 0.15) is 28.7 Å². The fourth-order valence-corrected chi connectivity index (χ4v) is 3.76. The molecule has 3 rings (SSSR count). The lowest BCUT2D eigenvalue weighted by molar-refractivity contribution is 0.0991. The number of amides is 1. The Kier molecular flexibility index (Phi) is 7.20. The molecule has 32 heavy (non-hydrogen) atoms. The Morgan fingerprint density at radius 2 is 1.62 bits per heavy atom. The first-order chi connectivity index (χ1) is 15.3. The van der Waals surface area contributed by atoms with E-state index in [1.165, 1.54) is 27.4 Å². The molecule has 0 aliphatic carbocycles. The van der Waals surface area contributed by atoms with Crippen molar-refractivity contribution in [1.29, 1.82) is 0 Å². The summed E-state index contributed by atoms with van der Waals surface area (Å²) in [6.07, 6.45) is 0. The lowest BCUT2D eigenvalue weighted by atomic mass is 10.0. The zero-order valence-electron chi connectivity index (χ0n) is 18.9. The normalized spacial score (nSPS) is 10.8. The van der Waals surface area contributed by atoms with E-state index in [0.29, 0.717) is 33.7 Å². The maximum absolute atomic E-state index is 12.8. The first-order valence-electron chi connectivity index (χ1n) is 9.96. The predicted molar refractivity (Wildman–Crippen MR) is 123 cm³/mol. The van der Waals surface area contributed by atoms with Crippen LogP contribution in [0.1, 0.15) is 41.4 Å². The smallest absolute Gasteiger partial charge is 0.291 e. The number of anilines is 1. The third-order valence-corrected chi connectivity index (χ3v) is 5.10. The Bertz CT molecular complexity index is 1100. The molecule has 0 aliphatic heterocycles. The Morgan fingerprint density at radius 1 is 0.969 bits per heavy atom. The van der Waals surface area contributed by atoms with E-state index in [9.17, 15) is 4.79 Å². The van der Waals surface area contributed by atoms with Crippen LogP contribution >= 0.6 is 11.6 Å². The predicted octanol–water partition coefficient (Wildman–Crippen LogP) is 6.44. The lowest BCUT2D eigenvalue weighted by Crippen LogP contribution is -2.13. The second-order valence-electron chi connectivity index (χ2n) is 7.40. The quantitative estimate of drug-likeness (QED) is 0.417. The van der Waals surface area contributed by atoms with Gasteiger partial charge in [-0.3, -0.25) is 4.79 Å². The molecule has 3 aromatic rings. The van der Waals surface area contributed by atoms with Crippen LogP contribution in [0.15, 0.2) is 40.8 Å². The molecule has 1 aromatic heterocycles. The number of hydrogen-bond donors (Lipinski definition) is 1. The highest BCUT2D eigenvalue weighted by Gasteiger charge is 2.20. The first-order valence-corrected chi connectivity index (χ1v) is 10.3. The van der Waals surface area contributed by atoms with Crippen molar-refractivity contribution in [2.75, 3.05) is 26.6 Å². The average Bonchev–Trinajstić information content (AvgIpc) is 3.21. The summed E-state index contributed by atoms with van der Waals surface area (Å²) in [5, 5.41) is 3.38. The molecular weight excluding hydrogens is 434 g/mol. The molecule has 0 radical (unpaired) electrons. The van der Waals surface area contributed by atoms with Gasteiger partial charge in [-0.2, -0.15) is 0 Å². The molecule has 1 amide bonds. The number of methoxy groups -OCH3 is 3. The highest BCUT2D eigenvalue weighted by Crippen LogP contribution is 2.40. The summed E-state index contributed by atoms with van der Waals surface area (Å²) >= 11 is 6.41. The number of ether oxygens (including phenoxy) is 4. The van der Waals surface area contributed by atoms with Gasteiger partial charge >= 0.3 is 0 Å². The summed E-state index contributed by atoms with van der Waals surface area (Å²) < 4.78 is 27.5. The number of nitrogens with one attached hydrogen (secondary N) is 1. The third kappa shape index (κ3) is 4.94. The van der Waals surface area contributed by atoms with E-state index in [1.54, 1.807) is 18.2 Å². The van der Waals surface area contributed by atoms with Crippen molar-refractivity contribution in [3.8, 4) is 28.9 Å². The second kappa shape index (κ2) is 9.87. The van der Waals surface area contributed by atoms with Crippen molar-refractivity contribution in [2.45, 2.75) is 26.7 Å². The summed E-state index contributed by atoms with van der Waals surface area (Å²) in [6, 6.07) is 10.2. The standard InChI is InChI=1S/C24H26ClNO6/c1-13(2)22-16(25)9-14(3)10-18(22)32-21-8-7-17(31-21)24(27)26-23-19(29-5)11-15(28-4)12-20(23)30-6/h7-13H,1-6H3,(H,26,27). The highest BCUT2D eigenvalue weighted by molar-refractivity contribution is 6.31. The van der Waals surface area contributed by atoms with E-state index in [1.807, 2.05) is 32.9 Å². The van der Waals surface area contributed by atoms with Crippen LogP contribution in [0, 0.1) is 6.92 Å². The topological polar surface area (TPSA) is 79.2 Å². The summed E-state index contributed by atoms with van der Waals surface area (Å²) in [5.41, 5.74) is 2.18. The van der Waals surface area contributed by atoms with Gasteiger partial charge < -0.3 is 28.7 Å². The number of benzene rings is 2. The van der Waals surface area contributed by atoms with Gasteiger partial charge in [0.05, 0.1) is 21.3 Å². The Hall–Kier alpha value is -3.32. The molecule has 8 heteroatoms. The number of carbonyl (C=O) groups is 1. The Morgan fingerprint density at radius 3 is 2.19 bits per heavy atom. The minimum atomic E-state index is -0.493. The molecule has 1 heterocycles. The molecule has 0 spiro atoms. The van der Waals surface area contributed by atoms with Gasteiger partial charge in [-0.1, -0.05) is 25.4 Å². The van der Waals surface area contributed by atoms with E-state index in [-0.39, 0.29) is 17.6 Å². The molecule has 0 saturated heterocycles. The molecule has 0 aliphatic rings. The Balaban J connectivity index is 1.85. The van der Waals surface area contributed by atoms with E-state index in [0.717, 1.165) is 11.1 Å². The molecule has 170 valence electrons. The van der Waals surface area contributed by atoms with E-state index >= 15 is 0 Å². The van der Waals surface area contributed by atoms with Crippen molar-refractivity contribution < 1.29 is 28.2 Å². The van der Waals surface area contributed by atoms with Crippen LogP contribution in [0.2, 0.25) is 5.02 Å². The zero-order valence-corrected chi connectivity index (χ0v) is 19.6. The van der Waals surface area contributed by atoms with Crippen molar-refractivity contribution in [2.24, 2.45) is 0 Å². The van der Waals surface area contributed by atoms with Gasteiger partial charge in [-0.05, 0) is 36.6 Å². The maximum atomic E-state index is 12.8. The molecule has 0 unspecified atom stereocenters. The Labute approximate surface area is 192 Å². The fourth-order valence-electron chi connectivity index (χ4n) is 3.28. The number of furan rings is 1. The molecule has 0 atom stereocenters. The molecular formula is C24H26ClNO6. The van der Waals surface area contributed by atoms with Gasteiger partial charge in [0.2, 0.25) is 0 Å². The SMILES string of the molecule is COc1cc(OC)c(NC(=O)c2ccc(Oc3cc(C)cc(Cl)c3C(C)C)o2)c(OC)c1. The molecule has 0 fully saturated rings. The fraction of sp³-hybridized carbons (Fsp3) is 0.292. The molecule has 0 saturated carbocycles. The average molecular weight is 460 g/mol. The van der Waals surface area contributed by atoms with Crippen molar-refractivity contribution in [3.63, 3.8) is 0 Å². The lowest BCUT2D eigenvalue weighted by Gasteiger charge is -2.15. The van der Waals surface area contributed by atoms with E-state index < -0.39 is 5.91 Å². The van der Waals surface area contributed by atoms with Crippen LogP contribution in [0.5, 0.6) is 28.9 Å². The molecule has 1 N–H and O–H groups in total. The number of halogens is 1. The number of hydrogen-bond acceptors (Lipinski definition) is 6. The van der Waals surface area contributed by atoms with Crippen molar-refractivity contribution in [3.05, 3.63) is 58.3 Å².